The van der Waals surface area contributed by atoms with Gasteiger partial charge in [-0.2, -0.15) is 5.10 Å². The van der Waals surface area contributed by atoms with Gasteiger partial charge in [0.1, 0.15) is 5.15 Å². The SMILES string of the molecule is Cc1cc(C)cc(NC(=O)c2c(C)nn(Cc3ccccc3)c2Cl)c1. The van der Waals surface area contributed by atoms with Gasteiger partial charge in [0, 0.05) is 5.69 Å². The summed E-state index contributed by atoms with van der Waals surface area (Å²) in [4.78, 5) is 12.7. The summed E-state index contributed by atoms with van der Waals surface area (Å²) in [7, 11) is 0. The highest BCUT2D eigenvalue weighted by molar-refractivity contribution is 6.33. The molecule has 0 atom stereocenters. The monoisotopic (exact) mass is 353 g/mol. The van der Waals surface area contributed by atoms with Gasteiger partial charge >= 0.3 is 0 Å². The van der Waals surface area contributed by atoms with Crippen LogP contribution in [0.4, 0.5) is 5.69 Å². The van der Waals surface area contributed by atoms with Gasteiger partial charge in [0.05, 0.1) is 17.8 Å². The number of benzene rings is 2. The van der Waals surface area contributed by atoms with Crippen molar-refractivity contribution < 1.29 is 4.79 Å². The maximum atomic E-state index is 12.7. The molecule has 1 N–H and O–H groups in total. The summed E-state index contributed by atoms with van der Waals surface area (Å²) in [6.45, 7) is 6.32. The predicted molar refractivity (Wildman–Crippen MR) is 101 cm³/mol. The first-order valence-corrected chi connectivity index (χ1v) is 8.48. The van der Waals surface area contributed by atoms with Gasteiger partial charge in [-0.05, 0) is 49.6 Å². The minimum absolute atomic E-state index is 0.244. The van der Waals surface area contributed by atoms with E-state index in [2.05, 4.69) is 16.5 Å². The molecule has 1 heterocycles. The molecule has 0 fully saturated rings. The van der Waals surface area contributed by atoms with Gasteiger partial charge in [0.2, 0.25) is 0 Å². The van der Waals surface area contributed by atoms with Gasteiger partial charge in [-0.1, -0.05) is 48.0 Å². The van der Waals surface area contributed by atoms with Gasteiger partial charge in [0.15, 0.2) is 0 Å². The Hall–Kier alpha value is -2.59. The first kappa shape index (κ1) is 17.2. The van der Waals surface area contributed by atoms with Crippen LogP contribution in [0.15, 0.2) is 48.5 Å². The zero-order valence-electron chi connectivity index (χ0n) is 14.5. The first-order chi connectivity index (χ1) is 11.9. The van der Waals surface area contributed by atoms with Crippen molar-refractivity contribution in [3.05, 3.63) is 81.6 Å². The Morgan fingerprint density at radius 1 is 1.08 bits per heavy atom. The third-order valence-corrected chi connectivity index (χ3v) is 4.33. The summed E-state index contributed by atoms with van der Waals surface area (Å²) < 4.78 is 1.66. The number of amides is 1. The summed E-state index contributed by atoms with van der Waals surface area (Å²) in [5.41, 5.74) is 5.05. The van der Waals surface area contributed by atoms with Crippen LogP contribution in [0.1, 0.15) is 32.7 Å². The van der Waals surface area contributed by atoms with Crippen molar-refractivity contribution in [3.8, 4) is 0 Å². The molecular formula is C20H20ClN3O. The number of aryl methyl sites for hydroxylation is 3. The number of nitrogens with zero attached hydrogens (tertiary/aromatic N) is 2. The maximum Gasteiger partial charge on any atom is 0.260 e. The average Bonchev–Trinajstić information content (AvgIpc) is 2.81. The van der Waals surface area contributed by atoms with Crippen LogP contribution in [0.25, 0.3) is 0 Å². The minimum Gasteiger partial charge on any atom is -0.322 e. The molecule has 0 radical (unpaired) electrons. The molecule has 2 aromatic carbocycles. The Morgan fingerprint density at radius 2 is 1.72 bits per heavy atom. The molecule has 0 spiro atoms. The predicted octanol–water partition coefficient (Wildman–Crippen LogP) is 4.76. The normalized spacial score (nSPS) is 10.7. The second kappa shape index (κ2) is 7.11. The molecule has 0 saturated heterocycles. The van der Waals surface area contributed by atoms with Gasteiger partial charge in [-0.15, -0.1) is 0 Å². The highest BCUT2D eigenvalue weighted by atomic mass is 35.5. The Morgan fingerprint density at radius 3 is 2.36 bits per heavy atom. The van der Waals surface area contributed by atoms with Crippen LogP contribution in [0.2, 0.25) is 5.15 Å². The van der Waals surface area contributed by atoms with E-state index in [9.17, 15) is 4.79 Å². The largest absolute Gasteiger partial charge is 0.322 e. The number of carbonyl (C=O) groups excluding carboxylic acids is 1. The summed E-state index contributed by atoms with van der Waals surface area (Å²) >= 11 is 6.44. The number of aromatic nitrogens is 2. The van der Waals surface area contributed by atoms with Crippen LogP contribution >= 0.6 is 11.6 Å². The Bertz CT molecular complexity index is 896. The number of anilines is 1. The smallest absolute Gasteiger partial charge is 0.260 e. The van der Waals surface area contributed by atoms with E-state index in [1.807, 2.05) is 56.3 Å². The van der Waals surface area contributed by atoms with Crippen molar-refractivity contribution in [3.63, 3.8) is 0 Å². The number of hydrogen-bond donors (Lipinski definition) is 1. The summed E-state index contributed by atoms with van der Waals surface area (Å²) in [6.07, 6.45) is 0. The molecular weight excluding hydrogens is 334 g/mol. The molecule has 4 nitrogen and oxygen atoms in total. The number of hydrogen-bond acceptors (Lipinski definition) is 2. The second-order valence-electron chi connectivity index (χ2n) is 6.22. The molecule has 128 valence electrons. The molecule has 5 heteroatoms. The zero-order chi connectivity index (χ0) is 18.0. The number of carbonyl (C=O) groups is 1. The molecule has 0 unspecified atom stereocenters. The molecule has 0 aliphatic rings. The number of halogens is 1. The minimum atomic E-state index is -0.244. The summed E-state index contributed by atoms with van der Waals surface area (Å²) in [5, 5.41) is 7.70. The zero-order valence-corrected chi connectivity index (χ0v) is 15.3. The van der Waals surface area contributed by atoms with Crippen molar-refractivity contribution in [1.29, 1.82) is 0 Å². The number of nitrogens with one attached hydrogen (secondary N) is 1. The summed E-state index contributed by atoms with van der Waals surface area (Å²) in [5.74, 6) is -0.244. The van der Waals surface area contributed by atoms with Crippen molar-refractivity contribution in [2.24, 2.45) is 0 Å². The molecule has 3 rings (SSSR count). The van der Waals surface area contributed by atoms with Crippen LogP contribution in [-0.2, 0) is 6.54 Å². The lowest BCUT2D eigenvalue weighted by molar-refractivity contribution is 0.102. The molecule has 1 amide bonds. The Labute approximate surface area is 152 Å². The van der Waals surface area contributed by atoms with Crippen molar-refractivity contribution in [2.45, 2.75) is 27.3 Å². The third kappa shape index (κ3) is 3.91. The van der Waals surface area contributed by atoms with Crippen LogP contribution < -0.4 is 5.32 Å². The van der Waals surface area contributed by atoms with Crippen molar-refractivity contribution in [1.82, 2.24) is 9.78 Å². The van der Waals surface area contributed by atoms with Gasteiger partial charge < -0.3 is 5.32 Å². The van der Waals surface area contributed by atoms with Gasteiger partial charge in [-0.25, -0.2) is 4.68 Å². The standard InChI is InChI=1S/C20H20ClN3O/c1-13-9-14(2)11-17(10-13)22-20(25)18-15(3)23-24(19(18)21)12-16-7-5-4-6-8-16/h4-11H,12H2,1-3H3,(H,22,25). The lowest BCUT2D eigenvalue weighted by Gasteiger charge is -2.08. The van der Waals surface area contributed by atoms with E-state index in [0.29, 0.717) is 23.0 Å². The lowest BCUT2D eigenvalue weighted by Crippen LogP contribution is -2.13. The molecule has 0 aliphatic carbocycles. The fourth-order valence-corrected chi connectivity index (χ4v) is 3.23. The van der Waals surface area contributed by atoms with Crippen LogP contribution in [0, 0.1) is 20.8 Å². The molecule has 0 aliphatic heterocycles. The van der Waals surface area contributed by atoms with Crippen molar-refractivity contribution >= 4 is 23.2 Å². The first-order valence-electron chi connectivity index (χ1n) is 8.10. The molecule has 25 heavy (non-hydrogen) atoms. The van der Waals surface area contributed by atoms with Gasteiger partial charge in [0.25, 0.3) is 5.91 Å². The highest BCUT2D eigenvalue weighted by Gasteiger charge is 2.20. The molecule has 0 bridgehead atoms. The molecule has 1 aromatic heterocycles. The fourth-order valence-electron chi connectivity index (χ4n) is 2.91. The molecule has 3 aromatic rings. The van der Waals surface area contributed by atoms with Crippen LogP contribution in [-0.4, -0.2) is 15.7 Å². The second-order valence-corrected chi connectivity index (χ2v) is 6.58. The fraction of sp³-hybridized carbons (Fsp3) is 0.200. The topological polar surface area (TPSA) is 46.9 Å². The van der Waals surface area contributed by atoms with E-state index < -0.39 is 0 Å². The van der Waals surface area contributed by atoms with E-state index in [4.69, 9.17) is 11.6 Å². The van der Waals surface area contributed by atoms with E-state index in [1.165, 1.54) is 0 Å². The van der Waals surface area contributed by atoms with Crippen LogP contribution in [0.5, 0.6) is 0 Å². The van der Waals surface area contributed by atoms with E-state index in [-0.39, 0.29) is 5.91 Å². The number of rotatable bonds is 4. The van der Waals surface area contributed by atoms with Crippen molar-refractivity contribution in [2.75, 3.05) is 5.32 Å². The van der Waals surface area contributed by atoms with Crippen LogP contribution in [0.3, 0.4) is 0 Å². The Balaban J connectivity index is 1.85. The van der Waals surface area contributed by atoms with Gasteiger partial charge in [-0.3, -0.25) is 4.79 Å². The maximum absolute atomic E-state index is 12.7. The average molecular weight is 354 g/mol. The van der Waals surface area contributed by atoms with E-state index in [0.717, 1.165) is 22.4 Å². The van der Waals surface area contributed by atoms with E-state index in [1.54, 1.807) is 11.6 Å². The van der Waals surface area contributed by atoms with E-state index >= 15 is 0 Å². The highest BCUT2D eigenvalue weighted by Crippen LogP contribution is 2.23. The molecule has 0 saturated carbocycles. The Kier molecular flexibility index (Phi) is 4.91. The quantitative estimate of drug-likeness (QED) is 0.734. The third-order valence-electron chi connectivity index (χ3n) is 3.95. The summed E-state index contributed by atoms with van der Waals surface area (Å²) in [6, 6.07) is 15.8. The lowest BCUT2D eigenvalue weighted by atomic mass is 10.1.